The molecule has 1 aromatic carbocycles. The van der Waals surface area contributed by atoms with E-state index < -0.39 is 0 Å². The molecule has 1 N–H and O–H groups in total. The summed E-state index contributed by atoms with van der Waals surface area (Å²) in [5.74, 6) is 1.32. The Kier molecular flexibility index (Phi) is 3.50. The van der Waals surface area contributed by atoms with Crippen LogP contribution in [0.3, 0.4) is 0 Å². The van der Waals surface area contributed by atoms with E-state index in [0.29, 0.717) is 11.2 Å². The van der Waals surface area contributed by atoms with Crippen molar-refractivity contribution in [3.05, 3.63) is 23.8 Å². The van der Waals surface area contributed by atoms with Crippen LogP contribution in [0.2, 0.25) is 0 Å². The van der Waals surface area contributed by atoms with Crippen molar-refractivity contribution in [3.8, 4) is 11.5 Å². The van der Waals surface area contributed by atoms with Gasteiger partial charge in [-0.3, -0.25) is 0 Å². The average molecular weight is 300 g/mol. The second kappa shape index (κ2) is 5.11. The normalized spacial score (nSPS) is 31.3. The van der Waals surface area contributed by atoms with Gasteiger partial charge in [0.25, 0.3) is 0 Å². The minimum absolute atomic E-state index is 0.133. The first-order valence-corrected chi connectivity index (χ1v) is 7.86. The van der Waals surface area contributed by atoms with E-state index in [9.17, 15) is 5.11 Å². The molecule has 2 fully saturated rings. The van der Waals surface area contributed by atoms with Gasteiger partial charge in [-0.25, -0.2) is 0 Å². The number of methoxy groups -OCH3 is 1. The number of phenols is 1. The average Bonchev–Trinajstić information content (AvgIpc) is 2.82. The molecular formula is C18H24N2O2. The van der Waals surface area contributed by atoms with Gasteiger partial charge < -0.3 is 9.84 Å². The smallest absolute Gasteiger partial charge is 0.161 e. The number of nitrogens with zero attached hydrogens (tertiary/aromatic N) is 2. The molecule has 0 amide bonds. The van der Waals surface area contributed by atoms with Crippen molar-refractivity contribution in [2.24, 2.45) is 27.0 Å². The van der Waals surface area contributed by atoms with Crippen LogP contribution in [0.15, 0.2) is 28.4 Å². The van der Waals surface area contributed by atoms with Gasteiger partial charge in [0.2, 0.25) is 0 Å². The van der Waals surface area contributed by atoms with Gasteiger partial charge in [0.1, 0.15) is 0 Å². The van der Waals surface area contributed by atoms with Gasteiger partial charge in [-0.05, 0) is 54.4 Å². The Morgan fingerprint density at radius 1 is 1.32 bits per heavy atom. The van der Waals surface area contributed by atoms with Gasteiger partial charge in [-0.15, -0.1) is 0 Å². The lowest BCUT2D eigenvalue weighted by atomic mass is 9.70. The van der Waals surface area contributed by atoms with Crippen LogP contribution < -0.4 is 4.74 Å². The summed E-state index contributed by atoms with van der Waals surface area (Å²) in [6, 6.07) is 5.16. The third-order valence-electron chi connectivity index (χ3n) is 6.10. The van der Waals surface area contributed by atoms with Gasteiger partial charge in [0.15, 0.2) is 11.5 Å². The Labute approximate surface area is 131 Å². The molecule has 2 aliphatic carbocycles. The molecule has 0 unspecified atom stereocenters. The third-order valence-corrected chi connectivity index (χ3v) is 6.10. The zero-order valence-electron chi connectivity index (χ0n) is 13.8. The van der Waals surface area contributed by atoms with Crippen molar-refractivity contribution < 1.29 is 9.84 Å². The van der Waals surface area contributed by atoms with Crippen LogP contribution in [0.25, 0.3) is 0 Å². The van der Waals surface area contributed by atoms with Crippen LogP contribution in [0.5, 0.6) is 11.5 Å². The van der Waals surface area contributed by atoms with Crippen LogP contribution in [0.4, 0.5) is 0 Å². The van der Waals surface area contributed by atoms with E-state index >= 15 is 0 Å². The van der Waals surface area contributed by atoms with E-state index in [-0.39, 0.29) is 11.2 Å². The minimum atomic E-state index is 0.133. The summed E-state index contributed by atoms with van der Waals surface area (Å²) in [4.78, 5) is 0. The molecule has 3 rings (SSSR count). The quantitative estimate of drug-likeness (QED) is 0.677. The maximum Gasteiger partial charge on any atom is 0.161 e. The van der Waals surface area contributed by atoms with Gasteiger partial charge in [-0.2, -0.15) is 10.2 Å². The van der Waals surface area contributed by atoms with E-state index in [1.165, 1.54) is 25.7 Å². The zero-order chi connectivity index (χ0) is 16.0. The molecule has 2 atom stereocenters. The van der Waals surface area contributed by atoms with Crippen molar-refractivity contribution >= 4 is 11.9 Å². The van der Waals surface area contributed by atoms with Crippen molar-refractivity contribution in [2.45, 2.75) is 40.0 Å². The molecule has 2 aliphatic rings. The Balaban J connectivity index is 1.81. The monoisotopic (exact) mass is 300 g/mol. The molecule has 0 aromatic heterocycles. The van der Waals surface area contributed by atoms with Crippen molar-refractivity contribution in [3.63, 3.8) is 0 Å². The standard InChI is InChI=1S/C18H24N2O2/c1-17(2)13-7-8-18(17,3)16(10-13)20-19-11-12-5-6-14(21)15(9-12)22-4/h5-6,9,11,13,21H,7-8,10H2,1-4H3/b19-11+,20-16-/t13-,18-/m0/s1. The summed E-state index contributed by atoms with van der Waals surface area (Å²) in [6.07, 6.45) is 5.31. The van der Waals surface area contributed by atoms with E-state index in [4.69, 9.17) is 4.74 Å². The molecule has 118 valence electrons. The van der Waals surface area contributed by atoms with E-state index in [0.717, 1.165) is 17.9 Å². The first-order chi connectivity index (χ1) is 10.4. The van der Waals surface area contributed by atoms with Crippen molar-refractivity contribution in [1.82, 2.24) is 0 Å². The second-order valence-corrected chi connectivity index (χ2v) is 7.22. The third kappa shape index (κ3) is 2.13. The maximum atomic E-state index is 9.60. The first kappa shape index (κ1) is 15.1. The zero-order valence-corrected chi connectivity index (χ0v) is 13.8. The number of phenolic OH excluding ortho intramolecular Hbond substituents is 1. The number of hydrogen-bond acceptors (Lipinski definition) is 4. The molecular weight excluding hydrogens is 276 g/mol. The number of benzene rings is 1. The lowest BCUT2D eigenvalue weighted by Gasteiger charge is -2.34. The van der Waals surface area contributed by atoms with Crippen molar-refractivity contribution in [2.75, 3.05) is 7.11 Å². The van der Waals surface area contributed by atoms with E-state index in [2.05, 4.69) is 31.0 Å². The molecule has 0 saturated heterocycles. The summed E-state index contributed by atoms with van der Waals surface area (Å²) in [5, 5.41) is 18.4. The molecule has 4 heteroatoms. The fraction of sp³-hybridized carbons (Fsp3) is 0.556. The topological polar surface area (TPSA) is 54.2 Å². The molecule has 0 radical (unpaired) electrons. The second-order valence-electron chi connectivity index (χ2n) is 7.22. The highest BCUT2D eigenvalue weighted by Crippen LogP contribution is 2.63. The van der Waals surface area contributed by atoms with Crippen LogP contribution in [-0.4, -0.2) is 24.1 Å². The molecule has 2 saturated carbocycles. The number of rotatable bonds is 3. The number of aromatic hydroxyl groups is 1. The lowest BCUT2D eigenvalue weighted by Crippen LogP contribution is -2.32. The summed E-state index contributed by atoms with van der Waals surface area (Å²) < 4.78 is 5.10. The molecule has 0 spiro atoms. The Bertz CT molecular complexity index is 648. The molecule has 0 aliphatic heterocycles. The highest BCUT2D eigenvalue weighted by molar-refractivity contribution is 5.94. The van der Waals surface area contributed by atoms with Gasteiger partial charge in [-0.1, -0.05) is 20.8 Å². The number of ether oxygens (including phenoxy) is 1. The maximum absolute atomic E-state index is 9.60. The summed E-state index contributed by atoms with van der Waals surface area (Å²) in [5.41, 5.74) is 2.60. The van der Waals surface area contributed by atoms with Gasteiger partial charge >= 0.3 is 0 Å². The Hall–Kier alpha value is -1.84. The van der Waals surface area contributed by atoms with Crippen LogP contribution in [0.1, 0.15) is 45.6 Å². The van der Waals surface area contributed by atoms with E-state index in [1.54, 1.807) is 24.4 Å². The SMILES string of the molecule is COc1cc(/C=N/N=C2/C[C@@H]3CC[C@]2(C)C3(C)C)ccc1O. The first-order valence-electron chi connectivity index (χ1n) is 7.86. The lowest BCUT2D eigenvalue weighted by molar-refractivity contribution is 0.194. The molecule has 2 bridgehead atoms. The van der Waals surface area contributed by atoms with Crippen LogP contribution in [0, 0.1) is 16.7 Å². The van der Waals surface area contributed by atoms with Crippen molar-refractivity contribution in [1.29, 1.82) is 0 Å². The predicted octanol–water partition coefficient (Wildman–Crippen LogP) is 4.02. The molecule has 1 aromatic rings. The number of hydrogen-bond donors (Lipinski definition) is 1. The molecule has 4 nitrogen and oxygen atoms in total. The van der Waals surface area contributed by atoms with Gasteiger partial charge in [0, 0.05) is 11.1 Å². The fourth-order valence-electron chi connectivity index (χ4n) is 4.02. The minimum Gasteiger partial charge on any atom is -0.504 e. The fourth-order valence-corrected chi connectivity index (χ4v) is 4.02. The largest absolute Gasteiger partial charge is 0.504 e. The molecule has 0 heterocycles. The Morgan fingerprint density at radius 2 is 2.09 bits per heavy atom. The van der Waals surface area contributed by atoms with Crippen LogP contribution >= 0.6 is 0 Å². The van der Waals surface area contributed by atoms with Gasteiger partial charge in [0.05, 0.1) is 13.3 Å². The number of fused-ring (bicyclic) bond motifs is 2. The van der Waals surface area contributed by atoms with Crippen LogP contribution in [-0.2, 0) is 0 Å². The Morgan fingerprint density at radius 3 is 2.68 bits per heavy atom. The van der Waals surface area contributed by atoms with E-state index in [1.807, 2.05) is 0 Å². The molecule has 22 heavy (non-hydrogen) atoms. The summed E-state index contributed by atoms with van der Waals surface area (Å²) in [7, 11) is 1.54. The highest BCUT2D eigenvalue weighted by Gasteiger charge is 2.59. The summed E-state index contributed by atoms with van der Waals surface area (Å²) in [6.45, 7) is 7.06. The highest BCUT2D eigenvalue weighted by atomic mass is 16.5. The summed E-state index contributed by atoms with van der Waals surface area (Å²) >= 11 is 0. The predicted molar refractivity (Wildman–Crippen MR) is 88.9 cm³/mol.